The molecule has 5 nitrogen and oxygen atoms in total. The maximum Gasteiger partial charge on any atom is 0.406 e. The van der Waals surface area contributed by atoms with Crippen LogP contribution >= 0.6 is 0 Å². The van der Waals surface area contributed by atoms with Crippen LogP contribution in [0.4, 0.5) is 13.2 Å². The van der Waals surface area contributed by atoms with Gasteiger partial charge in [0.05, 0.1) is 12.5 Å². The Morgan fingerprint density at radius 2 is 2.18 bits per heavy atom. The van der Waals surface area contributed by atoms with Gasteiger partial charge in [-0.05, 0) is 0 Å². The summed E-state index contributed by atoms with van der Waals surface area (Å²) in [6.45, 7) is -1.77. The molecule has 0 saturated carbocycles. The van der Waals surface area contributed by atoms with Crippen molar-refractivity contribution in [3.05, 3.63) is 0 Å². The molecule has 0 aliphatic carbocycles. The second-order valence-electron chi connectivity index (χ2n) is 3.81. The van der Waals surface area contributed by atoms with Crippen LogP contribution < -0.4 is 5.32 Å². The van der Waals surface area contributed by atoms with E-state index in [4.69, 9.17) is 5.11 Å². The van der Waals surface area contributed by atoms with Gasteiger partial charge in [-0.2, -0.15) is 13.2 Å². The number of carbonyl (C=O) groups is 2. The fourth-order valence-electron chi connectivity index (χ4n) is 1.64. The predicted octanol–water partition coefficient (Wildman–Crippen LogP) is -0.494. The zero-order chi connectivity index (χ0) is 13.1. The number of rotatable bonds is 4. The van der Waals surface area contributed by atoms with Crippen molar-refractivity contribution in [1.82, 2.24) is 10.2 Å². The van der Waals surface area contributed by atoms with Gasteiger partial charge in [0.2, 0.25) is 11.8 Å². The smallest absolute Gasteiger partial charge is 0.395 e. The number of halogens is 3. The van der Waals surface area contributed by atoms with Crippen molar-refractivity contribution in [1.29, 1.82) is 0 Å². The molecule has 0 aromatic heterocycles. The molecule has 2 N–H and O–H groups in total. The Kier molecular flexibility index (Phi) is 4.33. The second-order valence-corrected chi connectivity index (χ2v) is 3.81. The van der Waals surface area contributed by atoms with Crippen molar-refractivity contribution in [3.63, 3.8) is 0 Å². The Labute approximate surface area is 95.6 Å². The number of alkyl halides is 3. The van der Waals surface area contributed by atoms with Gasteiger partial charge in [-0.3, -0.25) is 9.59 Å². The molecule has 1 rings (SSSR count). The van der Waals surface area contributed by atoms with Gasteiger partial charge in [-0.1, -0.05) is 0 Å². The number of carbonyl (C=O) groups excluding carboxylic acids is 2. The molecule has 1 aliphatic rings. The molecule has 1 saturated heterocycles. The molecule has 0 bridgehead atoms. The lowest BCUT2D eigenvalue weighted by Gasteiger charge is -2.18. The summed E-state index contributed by atoms with van der Waals surface area (Å²) in [4.78, 5) is 23.2. The van der Waals surface area contributed by atoms with E-state index in [0.29, 0.717) is 4.90 Å². The van der Waals surface area contributed by atoms with Crippen LogP contribution in [-0.2, 0) is 9.59 Å². The van der Waals surface area contributed by atoms with E-state index in [1.807, 2.05) is 0 Å². The minimum atomic E-state index is -4.45. The fourth-order valence-corrected chi connectivity index (χ4v) is 1.64. The lowest BCUT2D eigenvalue weighted by atomic mass is 10.1. The van der Waals surface area contributed by atoms with E-state index < -0.39 is 30.5 Å². The molecule has 0 aromatic carbocycles. The highest BCUT2D eigenvalue weighted by molar-refractivity contribution is 5.89. The zero-order valence-corrected chi connectivity index (χ0v) is 8.96. The van der Waals surface area contributed by atoms with Crippen LogP contribution in [0.2, 0.25) is 0 Å². The van der Waals surface area contributed by atoms with E-state index in [2.05, 4.69) is 5.32 Å². The van der Waals surface area contributed by atoms with Gasteiger partial charge in [0.15, 0.2) is 0 Å². The summed E-state index contributed by atoms with van der Waals surface area (Å²) in [6, 6.07) is 0. The minimum Gasteiger partial charge on any atom is -0.395 e. The van der Waals surface area contributed by atoms with Gasteiger partial charge in [0.1, 0.15) is 6.54 Å². The highest BCUT2D eigenvalue weighted by Crippen LogP contribution is 2.23. The van der Waals surface area contributed by atoms with Gasteiger partial charge >= 0.3 is 6.18 Å². The molecule has 8 heteroatoms. The average Bonchev–Trinajstić information content (AvgIpc) is 2.54. The van der Waals surface area contributed by atoms with E-state index in [-0.39, 0.29) is 26.1 Å². The Morgan fingerprint density at radius 1 is 1.53 bits per heavy atom. The molecule has 1 fully saturated rings. The normalized spacial score (nSPS) is 20.8. The van der Waals surface area contributed by atoms with Crippen molar-refractivity contribution in [2.75, 3.05) is 26.2 Å². The number of nitrogens with zero attached hydrogens (tertiary/aromatic N) is 1. The lowest BCUT2D eigenvalue weighted by molar-refractivity contribution is -0.157. The summed E-state index contributed by atoms with van der Waals surface area (Å²) < 4.78 is 36.3. The largest absolute Gasteiger partial charge is 0.406 e. The van der Waals surface area contributed by atoms with E-state index in [9.17, 15) is 22.8 Å². The molecule has 0 aromatic rings. The summed E-state index contributed by atoms with van der Waals surface area (Å²) in [7, 11) is 0. The first kappa shape index (κ1) is 13.8. The first-order valence-electron chi connectivity index (χ1n) is 5.06. The quantitative estimate of drug-likeness (QED) is 0.711. The van der Waals surface area contributed by atoms with E-state index >= 15 is 0 Å². The average molecular weight is 254 g/mol. The first-order valence-corrected chi connectivity index (χ1v) is 5.06. The van der Waals surface area contributed by atoms with Gasteiger partial charge < -0.3 is 15.3 Å². The van der Waals surface area contributed by atoms with Gasteiger partial charge in [-0.15, -0.1) is 0 Å². The predicted molar refractivity (Wildman–Crippen MR) is 50.8 cm³/mol. The molecule has 17 heavy (non-hydrogen) atoms. The number of aliphatic hydroxyl groups is 1. The second kappa shape index (κ2) is 5.35. The number of amides is 2. The van der Waals surface area contributed by atoms with E-state index in [0.717, 1.165) is 0 Å². The van der Waals surface area contributed by atoms with Gasteiger partial charge in [0, 0.05) is 19.5 Å². The summed E-state index contributed by atoms with van der Waals surface area (Å²) in [5.41, 5.74) is 0. The maximum atomic E-state index is 12.1. The van der Waals surface area contributed by atoms with Crippen LogP contribution in [0.3, 0.4) is 0 Å². The summed E-state index contributed by atoms with van der Waals surface area (Å²) in [5.74, 6) is -1.94. The summed E-state index contributed by atoms with van der Waals surface area (Å²) in [6.07, 6.45) is -4.67. The minimum absolute atomic E-state index is 0.0306. The molecular formula is C9H13F3N2O3. The van der Waals surface area contributed by atoms with Crippen molar-refractivity contribution < 1.29 is 27.9 Å². The number of hydrogen-bond donors (Lipinski definition) is 2. The number of likely N-dealkylation sites (tertiary alicyclic amines) is 1. The Balaban J connectivity index is 2.49. The maximum absolute atomic E-state index is 12.1. The standard InChI is InChI=1S/C9H13F3N2O3/c10-9(11,12)5-14-4-6(3-7(14)16)8(17)13-1-2-15/h6,15H,1-5H2,(H,13,17). The third-order valence-electron chi connectivity index (χ3n) is 2.37. The number of hydrogen-bond acceptors (Lipinski definition) is 3. The lowest BCUT2D eigenvalue weighted by Crippen LogP contribution is -2.37. The molecule has 1 atom stereocenters. The molecule has 98 valence electrons. The van der Waals surface area contributed by atoms with Crippen molar-refractivity contribution in [2.45, 2.75) is 12.6 Å². The Hall–Kier alpha value is -1.31. The van der Waals surface area contributed by atoms with Crippen molar-refractivity contribution in [2.24, 2.45) is 5.92 Å². The van der Waals surface area contributed by atoms with Crippen molar-refractivity contribution >= 4 is 11.8 Å². The van der Waals surface area contributed by atoms with Crippen LogP contribution in [0, 0.1) is 5.92 Å². The molecular weight excluding hydrogens is 241 g/mol. The van der Waals surface area contributed by atoms with Crippen molar-refractivity contribution in [3.8, 4) is 0 Å². The van der Waals surface area contributed by atoms with E-state index in [1.54, 1.807) is 0 Å². The zero-order valence-electron chi connectivity index (χ0n) is 8.96. The highest BCUT2D eigenvalue weighted by atomic mass is 19.4. The van der Waals surface area contributed by atoms with Gasteiger partial charge in [0.25, 0.3) is 0 Å². The highest BCUT2D eigenvalue weighted by Gasteiger charge is 2.40. The van der Waals surface area contributed by atoms with E-state index in [1.165, 1.54) is 0 Å². The molecule has 0 spiro atoms. The summed E-state index contributed by atoms with van der Waals surface area (Å²) in [5, 5.41) is 10.8. The van der Waals surface area contributed by atoms with Crippen LogP contribution in [-0.4, -0.2) is 54.2 Å². The topological polar surface area (TPSA) is 69.6 Å². The molecule has 1 aliphatic heterocycles. The third-order valence-corrected chi connectivity index (χ3v) is 2.37. The summed E-state index contributed by atoms with van der Waals surface area (Å²) >= 11 is 0. The molecule has 1 unspecified atom stereocenters. The fraction of sp³-hybridized carbons (Fsp3) is 0.778. The number of aliphatic hydroxyl groups excluding tert-OH is 1. The molecule has 0 radical (unpaired) electrons. The van der Waals surface area contributed by atoms with Crippen LogP contribution in [0.5, 0.6) is 0 Å². The monoisotopic (exact) mass is 254 g/mol. The molecule has 2 amide bonds. The SMILES string of the molecule is O=C(NCCO)C1CC(=O)N(CC(F)(F)F)C1. The van der Waals surface area contributed by atoms with Crippen LogP contribution in [0.1, 0.15) is 6.42 Å². The van der Waals surface area contributed by atoms with Crippen LogP contribution in [0.25, 0.3) is 0 Å². The van der Waals surface area contributed by atoms with Crippen LogP contribution in [0.15, 0.2) is 0 Å². The Bertz CT molecular complexity index is 306. The molecule has 1 heterocycles. The first-order chi connectivity index (χ1) is 7.83. The Morgan fingerprint density at radius 3 is 2.71 bits per heavy atom. The van der Waals surface area contributed by atoms with Gasteiger partial charge in [-0.25, -0.2) is 0 Å². The number of nitrogens with one attached hydrogen (secondary N) is 1. The third kappa shape index (κ3) is 4.22.